The van der Waals surface area contributed by atoms with Gasteiger partial charge in [0, 0.05) is 47.6 Å². The number of nitro benzene ring substituents is 1. The number of nitro groups is 1. The van der Waals surface area contributed by atoms with E-state index in [2.05, 4.69) is 0 Å². The van der Waals surface area contributed by atoms with Gasteiger partial charge in [-0.05, 0) is 12.0 Å². The first-order valence-corrected chi connectivity index (χ1v) is 9.58. The van der Waals surface area contributed by atoms with Gasteiger partial charge >= 0.3 is 0 Å². The lowest BCUT2D eigenvalue weighted by molar-refractivity contribution is -0.384. The number of Topliss-reactive ketones (excluding diaryl/α,β-unsaturated/α-hetero) is 3. The number of rotatable bonds is 2. The Morgan fingerprint density at radius 2 is 1.53 bits per heavy atom. The Morgan fingerprint density at radius 3 is 2.20 bits per heavy atom. The minimum Gasteiger partial charge on any atom is -0.457 e. The molecule has 0 radical (unpaired) electrons. The van der Waals surface area contributed by atoms with Gasteiger partial charge in [0.05, 0.1) is 10.5 Å². The zero-order valence-electron chi connectivity index (χ0n) is 15.7. The number of fused-ring (bicyclic) bond motifs is 1. The fourth-order valence-electron chi connectivity index (χ4n) is 4.39. The number of hydrogen-bond acceptors (Lipinski definition) is 6. The molecule has 0 aromatic heterocycles. The van der Waals surface area contributed by atoms with Crippen LogP contribution in [-0.2, 0) is 9.53 Å². The van der Waals surface area contributed by atoms with E-state index in [9.17, 15) is 24.5 Å². The predicted octanol–water partition coefficient (Wildman–Crippen LogP) is 4.05. The minimum atomic E-state index is -0.790. The molecule has 5 rings (SSSR count). The molecule has 1 unspecified atom stereocenters. The highest BCUT2D eigenvalue weighted by atomic mass is 16.6. The summed E-state index contributed by atoms with van der Waals surface area (Å²) in [6.45, 7) is 0. The van der Waals surface area contributed by atoms with E-state index in [1.165, 1.54) is 24.3 Å². The average Bonchev–Trinajstić information content (AvgIpc) is 2.76. The van der Waals surface area contributed by atoms with Crippen molar-refractivity contribution in [1.82, 2.24) is 0 Å². The normalized spacial score (nSPS) is 20.4. The zero-order chi connectivity index (χ0) is 21.0. The summed E-state index contributed by atoms with van der Waals surface area (Å²) in [6.07, 6.45) is 1.42. The maximum absolute atomic E-state index is 13.4. The fourth-order valence-corrected chi connectivity index (χ4v) is 4.39. The van der Waals surface area contributed by atoms with Crippen LogP contribution < -0.4 is 0 Å². The Hall–Kier alpha value is -3.87. The van der Waals surface area contributed by atoms with E-state index in [0.717, 1.165) is 0 Å². The van der Waals surface area contributed by atoms with E-state index in [1.807, 2.05) is 0 Å². The largest absolute Gasteiger partial charge is 0.457 e. The van der Waals surface area contributed by atoms with E-state index in [-0.39, 0.29) is 39.7 Å². The Balaban J connectivity index is 1.73. The van der Waals surface area contributed by atoms with Crippen LogP contribution in [-0.4, -0.2) is 22.3 Å². The molecule has 3 aliphatic rings. The fraction of sp³-hybridized carbons (Fsp3) is 0.174. The number of non-ortho nitro benzene ring substituents is 1. The van der Waals surface area contributed by atoms with Crippen molar-refractivity contribution in [3.05, 3.63) is 98.0 Å². The molecule has 1 aliphatic heterocycles. The SMILES string of the molecule is O=C1CCCC2=C1C(c1ccc([N+](=O)[O-])cc1)C1=C(O2)C(=O)c2ccccc2C1=O. The summed E-state index contributed by atoms with van der Waals surface area (Å²) in [5.74, 6) is -1.32. The molecule has 7 heteroatoms. The Kier molecular flexibility index (Phi) is 3.99. The van der Waals surface area contributed by atoms with Gasteiger partial charge in [-0.3, -0.25) is 24.5 Å². The molecule has 0 bridgehead atoms. The summed E-state index contributed by atoms with van der Waals surface area (Å²) in [6, 6.07) is 12.3. The van der Waals surface area contributed by atoms with Crippen molar-refractivity contribution in [1.29, 1.82) is 0 Å². The second-order valence-electron chi connectivity index (χ2n) is 7.44. The number of ketones is 3. The van der Waals surface area contributed by atoms with Crippen molar-refractivity contribution in [3.63, 3.8) is 0 Å². The van der Waals surface area contributed by atoms with Crippen molar-refractivity contribution >= 4 is 23.0 Å². The van der Waals surface area contributed by atoms with Gasteiger partial charge in [-0.15, -0.1) is 0 Å². The first-order chi connectivity index (χ1) is 14.5. The highest BCUT2D eigenvalue weighted by molar-refractivity contribution is 6.27. The van der Waals surface area contributed by atoms with Crippen LogP contribution in [0.3, 0.4) is 0 Å². The van der Waals surface area contributed by atoms with Gasteiger partial charge < -0.3 is 4.74 Å². The van der Waals surface area contributed by atoms with Gasteiger partial charge in [0.15, 0.2) is 17.3 Å². The van der Waals surface area contributed by atoms with Gasteiger partial charge in [0.2, 0.25) is 5.78 Å². The van der Waals surface area contributed by atoms with E-state index >= 15 is 0 Å². The number of carbonyl (C=O) groups is 3. The maximum Gasteiger partial charge on any atom is 0.269 e. The highest BCUT2D eigenvalue weighted by Gasteiger charge is 2.46. The van der Waals surface area contributed by atoms with Crippen LogP contribution in [0.25, 0.3) is 0 Å². The number of nitrogens with zero attached hydrogens (tertiary/aromatic N) is 1. The lowest BCUT2D eigenvalue weighted by atomic mass is 9.72. The molecular formula is C23H15NO6. The molecule has 0 amide bonds. The molecule has 0 spiro atoms. The third-order valence-corrected chi connectivity index (χ3v) is 5.76. The number of allylic oxidation sites excluding steroid dienone is 4. The highest BCUT2D eigenvalue weighted by Crippen LogP contribution is 2.48. The third-order valence-electron chi connectivity index (χ3n) is 5.76. The van der Waals surface area contributed by atoms with Crippen molar-refractivity contribution in [2.75, 3.05) is 0 Å². The first kappa shape index (κ1) is 18.2. The van der Waals surface area contributed by atoms with Gasteiger partial charge in [-0.25, -0.2) is 0 Å². The molecule has 1 heterocycles. The predicted molar refractivity (Wildman–Crippen MR) is 105 cm³/mol. The third kappa shape index (κ3) is 2.55. The van der Waals surface area contributed by atoms with Crippen molar-refractivity contribution < 1.29 is 24.0 Å². The first-order valence-electron chi connectivity index (χ1n) is 9.58. The monoisotopic (exact) mass is 401 g/mol. The Morgan fingerprint density at radius 1 is 0.867 bits per heavy atom. The molecule has 1 atom stereocenters. The van der Waals surface area contributed by atoms with Crippen LogP contribution in [0.4, 0.5) is 5.69 Å². The van der Waals surface area contributed by atoms with Gasteiger partial charge in [-0.1, -0.05) is 36.4 Å². The summed E-state index contributed by atoms with van der Waals surface area (Å²) in [7, 11) is 0. The smallest absolute Gasteiger partial charge is 0.269 e. The Labute approximate surface area is 170 Å². The molecule has 2 aromatic rings. The lowest BCUT2D eigenvalue weighted by Crippen LogP contribution is -2.34. The van der Waals surface area contributed by atoms with Crippen LogP contribution in [0.5, 0.6) is 0 Å². The average molecular weight is 401 g/mol. The van der Waals surface area contributed by atoms with Crippen LogP contribution in [0.15, 0.2) is 71.2 Å². The Bertz CT molecular complexity index is 1220. The van der Waals surface area contributed by atoms with E-state index in [1.54, 1.807) is 24.3 Å². The van der Waals surface area contributed by atoms with E-state index < -0.39 is 16.6 Å². The second-order valence-corrected chi connectivity index (χ2v) is 7.44. The number of ether oxygens (including phenoxy) is 1. The van der Waals surface area contributed by atoms with E-state index in [4.69, 9.17) is 4.74 Å². The molecule has 0 fully saturated rings. The minimum absolute atomic E-state index is 0.0458. The van der Waals surface area contributed by atoms with Crippen LogP contribution >= 0.6 is 0 Å². The molecule has 0 N–H and O–H groups in total. The zero-order valence-corrected chi connectivity index (χ0v) is 15.7. The lowest BCUT2D eigenvalue weighted by Gasteiger charge is -2.35. The summed E-state index contributed by atoms with van der Waals surface area (Å²) >= 11 is 0. The quantitative estimate of drug-likeness (QED) is 0.555. The molecule has 30 heavy (non-hydrogen) atoms. The summed E-state index contributed by atoms with van der Waals surface area (Å²) < 4.78 is 5.88. The van der Waals surface area contributed by atoms with Crippen LogP contribution in [0.2, 0.25) is 0 Å². The second kappa shape index (κ2) is 6.59. The standard InChI is InChI=1S/C23H15NO6/c25-16-6-3-7-17-19(16)18(12-8-10-13(11-9-12)24(28)29)20-21(26)14-4-1-2-5-15(14)22(27)23(20)30-17/h1-2,4-5,8-11,18H,3,6-7H2. The van der Waals surface area contributed by atoms with E-state index in [0.29, 0.717) is 36.2 Å². The van der Waals surface area contributed by atoms with Gasteiger partial charge in [0.1, 0.15) is 5.76 Å². The van der Waals surface area contributed by atoms with Crippen molar-refractivity contribution in [3.8, 4) is 0 Å². The molecule has 2 aliphatic carbocycles. The molecule has 0 saturated carbocycles. The molecule has 148 valence electrons. The number of carbonyl (C=O) groups excluding carboxylic acids is 3. The van der Waals surface area contributed by atoms with Gasteiger partial charge in [0.25, 0.3) is 5.69 Å². The summed E-state index contributed by atoms with van der Waals surface area (Å²) in [4.78, 5) is 49.9. The molecule has 0 saturated heterocycles. The number of benzene rings is 2. The number of hydrogen-bond donors (Lipinski definition) is 0. The van der Waals surface area contributed by atoms with Crippen molar-refractivity contribution in [2.45, 2.75) is 25.2 Å². The summed E-state index contributed by atoms with van der Waals surface area (Å²) in [5.41, 5.74) is 1.48. The topological polar surface area (TPSA) is 104 Å². The van der Waals surface area contributed by atoms with Crippen LogP contribution in [0, 0.1) is 10.1 Å². The van der Waals surface area contributed by atoms with Gasteiger partial charge in [-0.2, -0.15) is 0 Å². The molecule has 2 aromatic carbocycles. The maximum atomic E-state index is 13.4. The summed E-state index contributed by atoms with van der Waals surface area (Å²) in [5, 5.41) is 11.0. The van der Waals surface area contributed by atoms with Crippen LogP contribution in [0.1, 0.15) is 51.5 Å². The molecule has 7 nitrogen and oxygen atoms in total. The molecular weight excluding hydrogens is 386 g/mol. The van der Waals surface area contributed by atoms with Crippen molar-refractivity contribution in [2.24, 2.45) is 0 Å².